The predicted octanol–water partition coefficient (Wildman–Crippen LogP) is 4.68. The summed E-state index contributed by atoms with van der Waals surface area (Å²) >= 11 is 18.5. The van der Waals surface area contributed by atoms with E-state index in [0.717, 1.165) is 18.4 Å². The zero-order chi connectivity index (χ0) is 31.5. The van der Waals surface area contributed by atoms with Crippen molar-refractivity contribution in [2.45, 2.75) is 37.8 Å². The van der Waals surface area contributed by atoms with Crippen LogP contribution in [-0.2, 0) is 25.6 Å². The molecule has 4 N–H and O–H groups in total. The third-order valence-corrected chi connectivity index (χ3v) is 8.32. The van der Waals surface area contributed by atoms with Gasteiger partial charge in [-0.1, -0.05) is 67.2 Å². The van der Waals surface area contributed by atoms with Crippen molar-refractivity contribution in [3.63, 3.8) is 0 Å². The number of carbonyl (C=O) groups is 5. The minimum absolute atomic E-state index is 0.0370. The molecular formula is C29H31Br2Cl2N5O5. The maximum atomic E-state index is 13.8. The normalized spacial score (nSPS) is 15.7. The van der Waals surface area contributed by atoms with Crippen molar-refractivity contribution in [2.24, 2.45) is 0 Å². The van der Waals surface area contributed by atoms with Crippen LogP contribution in [0.25, 0.3) is 0 Å². The van der Waals surface area contributed by atoms with E-state index in [9.17, 15) is 24.0 Å². The van der Waals surface area contributed by atoms with Gasteiger partial charge in [0.2, 0.25) is 23.6 Å². The van der Waals surface area contributed by atoms with E-state index >= 15 is 0 Å². The van der Waals surface area contributed by atoms with Crippen LogP contribution in [0.4, 0.5) is 11.4 Å². The van der Waals surface area contributed by atoms with Crippen molar-refractivity contribution >= 4 is 96.0 Å². The van der Waals surface area contributed by atoms with Gasteiger partial charge in [-0.2, -0.15) is 0 Å². The summed E-state index contributed by atoms with van der Waals surface area (Å²) in [6, 6.07) is 8.36. The molecule has 2 aromatic carbocycles. The highest BCUT2D eigenvalue weighted by Crippen LogP contribution is 2.25. The molecule has 2 atom stereocenters. The van der Waals surface area contributed by atoms with Crippen molar-refractivity contribution < 1.29 is 24.0 Å². The summed E-state index contributed by atoms with van der Waals surface area (Å²) in [4.78, 5) is 64.4. The lowest BCUT2D eigenvalue weighted by atomic mass is 10.0. The molecule has 0 aliphatic carbocycles. The van der Waals surface area contributed by atoms with Crippen molar-refractivity contribution in [3.05, 3.63) is 69.7 Å². The van der Waals surface area contributed by atoms with E-state index < -0.39 is 23.9 Å². The summed E-state index contributed by atoms with van der Waals surface area (Å²) in [6.07, 6.45) is 5.34. The van der Waals surface area contributed by atoms with Gasteiger partial charge in [-0.05, 0) is 61.6 Å². The molecule has 1 fully saturated rings. The van der Waals surface area contributed by atoms with Gasteiger partial charge in [0.25, 0.3) is 5.91 Å². The molecule has 0 radical (unpaired) electrons. The van der Waals surface area contributed by atoms with E-state index in [1.54, 1.807) is 37.4 Å². The van der Waals surface area contributed by atoms with Crippen LogP contribution in [0, 0.1) is 0 Å². The van der Waals surface area contributed by atoms with Gasteiger partial charge in [0.05, 0.1) is 26.7 Å². The maximum absolute atomic E-state index is 13.8. The van der Waals surface area contributed by atoms with Crippen molar-refractivity contribution in [1.82, 2.24) is 15.5 Å². The van der Waals surface area contributed by atoms with Crippen LogP contribution in [0.1, 0.15) is 35.2 Å². The monoisotopic (exact) mass is 757 g/mol. The lowest BCUT2D eigenvalue weighted by Gasteiger charge is -2.27. The Morgan fingerprint density at radius 3 is 2.26 bits per heavy atom. The van der Waals surface area contributed by atoms with E-state index in [-0.39, 0.29) is 40.4 Å². The minimum atomic E-state index is -0.641. The number of alkyl halides is 2. The van der Waals surface area contributed by atoms with Gasteiger partial charge in [0, 0.05) is 36.6 Å². The van der Waals surface area contributed by atoms with Crippen molar-refractivity contribution in [2.75, 3.05) is 34.9 Å². The molecule has 3 rings (SSSR count). The van der Waals surface area contributed by atoms with Gasteiger partial charge in [-0.25, -0.2) is 0 Å². The Balaban J connectivity index is 1.91. The first kappa shape index (κ1) is 34.6. The zero-order valence-electron chi connectivity index (χ0n) is 23.2. The molecule has 0 spiro atoms. The first-order chi connectivity index (χ1) is 20.5. The third kappa shape index (κ3) is 10.6. The summed E-state index contributed by atoms with van der Waals surface area (Å²) in [7, 11) is 1.58. The topological polar surface area (TPSA) is 137 Å². The average molecular weight is 760 g/mol. The molecule has 0 saturated carbocycles. The molecule has 1 heterocycles. The van der Waals surface area contributed by atoms with Crippen LogP contribution in [0.15, 0.2) is 48.6 Å². The first-order valence-electron chi connectivity index (χ1n) is 13.3. The number of anilines is 2. The molecule has 0 aromatic heterocycles. The highest BCUT2D eigenvalue weighted by atomic mass is 79.9. The largest absolute Gasteiger partial charge is 0.354 e. The average Bonchev–Trinajstić information content (AvgIpc) is 3.19. The molecule has 10 nitrogen and oxygen atoms in total. The number of halogens is 4. The summed E-state index contributed by atoms with van der Waals surface area (Å²) < 4.78 is 0. The number of likely N-dealkylation sites (N-methyl/N-ethyl adjacent to an activating group) is 1. The third-order valence-electron chi connectivity index (χ3n) is 6.56. The Labute approximate surface area is 276 Å². The highest BCUT2D eigenvalue weighted by molar-refractivity contribution is 9.09. The van der Waals surface area contributed by atoms with E-state index in [1.807, 2.05) is 0 Å². The van der Waals surface area contributed by atoms with Crippen molar-refractivity contribution in [3.8, 4) is 0 Å². The van der Waals surface area contributed by atoms with E-state index in [1.165, 1.54) is 23.1 Å². The smallest absolute Gasteiger partial charge is 0.254 e. The Morgan fingerprint density at radius 2 is 1.65 bits per heavy atom. The molecule has 43 heavy (non-hydrogen) atoms. The highest BCUT2D eigenvalue weighted by Gasteiger charge is 2.24. The quantitative estimate of drug-likeness (QED) is 0.195. The van der Waals surface area contributed by atoms with Crippen LogP contribution < -0.4 is 21.3 Å². The number of hydrogen-bond acceptors (Lipinski definition) is 5. The molecule has 230 valence electrons. The summed E-state index contributed by atoms with van der Waals surface area (Å²) in [6.45, 7) is 0.572. The predicted molar refractivity (Wildman–Crippen MR) is 175 cm³/mol. The SMILES string of the molecule is CN(C(=O)c1cc(NC(=O)CBr)cc(NC(=O)CBr)c1)[C@@H](/C=C/C(=O)N[C@@H]1CCCCNC1=O)Cc1ccc(Cl)c(Cl)c1. The second-order valence-corrected chi connectivity index (χ2v) is 11.7. The number of amides is 5. The fraction of sp³-hybridized carbons (Fsp3) is 0.345. The molecule has 14 heteroatoms. The van der Waals surface area contributed by atoms with Gasteiger partial charge in [-0.15, -0.1) is 0 Å². The standard InChI is InChI=1S/C29H31Br2Cl2N5O5/c1-38(29(43)18-12-19(35-26(40)15-30)14-20(13-18)36-27(41)16-31)21(10-17-5-7-22(32)23(33)11-17)6-8-25(39)37-24-4-2-3-9-34-28(24)42/h5-8,11-14,21,24H,2-4,9-10,15-16H2,1H3,(H,34,42)(H,35,40)(H,36,41)(H,37,39)/b8-6+/t21-,24+/m0/s1. The second-order valence-electron chi connectivity index (χ2n) is 9.81. The molecule has 0 unspecified atom stereocenters. The van der Waals surface area contributed by atoms with Crippen molar-refractivity contribution in [1.29, 1.82) is 0 Å². The van der Waals surface area contributed by atoms with Crippen LogP contribution in [-0.4, -0.2) is 70.8 Å². The Hall–Kier alpha value is -2.93. The molecule has 1 aliphatic heterocycles. The first-order valence-corrected chi connectivity index (χ1v) is 16.3. The molecule has 1 aliphatic rings. The maximum Gasteiger partial charge on any atom is 0.254 e. The zero-order valence-corrected chi connectivity index (χ0v) is 27.9. The summed E-state index contributed by atoms with van der Waals surface area (Å²) in [5, 5.41) is 11.7. The number of rotatable bonds is 11. The van der Waals surface area contributed by atoms with Gasteiger partial charge < -0.3 is 26.2 Å². The molecule has 0 bridgehead atoms. The fourth-order valence-electron chi connectivity index (χ4n) is 4.38. The Kier molecular flexibility index (Phi) is 13.5. The molecular weight excluding hydrogens is 729 g/mol. The second kappa shape index (κ2) is 16.8. The van der Waals surface area contributed by atoms with Gasteiger partial charge in [-0.3, -0.25) is 24.0 Å². The lowest BCUT2D eigenvalue weighted by molar-refractivity contribution is -0.126. The van der Waals surface area contributed by atoms with Gasteiger partial charge >= 0.3 is 0 Å². The van der Waals surface area contributed by atoms with E-state index in [4.69, 9.17) is 23.2 Å². The minimum Gasteiger partial charge on any atom is -0.354 e. The van der Waals surface area contributed by atoms with Crippen LogP contribution in [0.3, 0.4) is 0 Å². The van der Waals surface area contributed by atoms with Gasteiger partial charge in [0.1, 0.15) is 6.04 Å². The number of benzene rings is 2. The number of nitrogens with zero attached hydrogens (tertiary/aromatic N) is 1. The Morgan fingerprint density at radius 1 is 1.00 bits per heavy atom. The number of hydrogen-bond donors (Lipinski definition) is 4. The van der Waals surface area contributed by atoms with Crippen LogP contribution in [0.2, 0.25) is 10.0 Å². The summed E-state index contributed by atoms with van der Waals surface area (Å²) in [5.41, 5.74) is 1.57. The van der Waals surface area contributed by atoms with E-state index in [0.29, 0.717) is 34.4 Å². The molecule has 1 saturated heterocycles. The Bertz CT molecular complexity index is 1370. The number of carbonyl (C=O) groups excluding carboxylic acids is 5. The van der Waals surface area contributed by atoms with Gasteiger partial charge in [0.15, 0.2) is 0 Å². The van der Waals surface area contributed by atoms with Crippen LogP contribution in [0.5, 0.6) is 0 Å². The molecule has 2 aromatic rings. The van der Waals surface area contributed by atoms with E-state index in [2.05, 4.69) is 53.1 Å². The molecule has 5 amide bonds. The lowest BCUT2D eigenvalue weighted by Crippen LogP contribution is -2.45. The van der Waals surface area contributed by atoms with Crippen LogP contribution >= 0.6 is 55.1 Å². The fourth-order valence-corrected chi connectivity index (χ4v) is 4.98. The number of nitrogens with one attached hydrogen (secondary N) is 4. The summed E-state index contributed by atoms with van der Waals surface area (Å²) in [5.74, 6) is -1.83.